The Bertz CT molecular complexity index is 1480. The van der Waals surface area contributed by atoms with Crippen LogP contribution < -0.4 is 28.7 Å². The lowest BCUT2D eigenvalue weighted by atomic mass is 10.1. The molecule has 0 saturated carbocycles. The third-order valence-corrected chi connectivity index (χ3v) is 7.00. The van der Waals surface area contributed by atoms with E-state index in [1.54, 1.807) is 36.4 Å². The average molecular weight is 662 g/mol. The number of benzene rings is 3. The van der Waals surface area contributed by atoms with Gasteiger partial charge >= 0.3 is 5.97 Å². The van der Waals surface area contributed by atoms with E-state index in [-0.39, 0.29) is 28.6 Å². The van der Waals surface area contributed by atoms with Crippen LogP contribution in [0.15, 0.2) is 54.6 Å². The number of ether oxygens (including phenoxy) is 4. The van der Waals surface area contributed by atoms with Crippen molar-refractivity contribution in [1.82, 2.24) is 0 Å². The highest BCUT2D eigenvalue weighted by atomic mass is 35.5. The van der Waals surface area contributed by atoms with E-state index in [4.69, 9.17) is 42.1 Å². The van der Waals surface area contributed by atoms with Crippen molar-refractivity contribution in [3.05, 3.63) is 70.2 Å². The minimum atomic E-state index is -1.23. The van der Waals surface area contributed by atoms with E-state index in [0.717, 1.165) is 0 Å². The predicted octanol–water partition coefficient (Wildman–Crippen LogP) is 7.13. The minimum absolute atomic E-state index is 0.112. The van der Waals surface area contributed by atoms with Gasteiger partial charge in [0.1, 0.15) is 6.04 Å². The monoisotopic (exact) mass is 660 g/mol. The van der Waals surface area contributed by atoms with Gasteiger partial charge in [0.2, 0.25) is 5.91 Å². The molecule has 0 radical (unpaired) electrons. The fourth-order valence-electron chi connectivity index (χ4n) is 4.60. The van der Waals surface area contributed by atoms with Gasteiger partial charge in [0.15, 0.2) is 23.0 Å². The molecule has 2 amide bonds. The largest absolute Gasteiger partial charge is 0.490 e. The summed E-state index contributed by atoms with van der Waals surface area (Å²) in [6.07, 6.45) is -0.230. The normalized spacial score (nSPS) is 11.4. The fourth-order valence-corrected chi connectivity index (χ4v) is 5.13. The lowest BCUT2D eigenvalue weighted by Gasteiger charge is -2.29. The van der Waals surface area contributed by atoms with Crippen molar-refractivity contribution in [3.8, 4) is 23.0 Å². The molecule has 0 aliphatic carbocycles. The lowest BCUT2D eigenvalue weighted by Crippen LogP contribution is -2.45. The number of carboxylic acid groups (broad SMARTS) is 1. The van der Waals surface area contributed by atoms with Crippen molar-refractivity contribution >= 4 is 52.4 Å². The Morgan fingerprint density at radius 1 is 0.711 bits per heavy atom. The van der Waals surface area contributed by atoms with E-state index in [9.17, 15) is 19.5 Å². The molecule has 10 nitrogen and oxygen atoms in total. The van der Waals surface area contributed by atoms with Gasteiger partial charge in [-0.2, -0.15) is 0 Å². The van der Waals surface area contributed by atoms with E-state index in [1.807, 2.05) is 27.7 Å². The Balaban J connectivity index is 2.04. The Hall–Kier alpha value is -4.15. The maximum absolute atomic E-state index is 13.9. The molecule has 45 heavy (non-hydrogen) atoms. The van der Waals surface area contributed by atoms with Crippen LogP contribution in [0, 0.1) is 0 Å². The van der Waals surface area contributed by atoms with E-state index in [2.05, 4.69) is 0 Å². The molecule has 0 heterocycles. The molecule has 12 heteroatoms. The number of aliphatic carboxylic acids is 1. The van der Waals surface area contributed by atoms with Crippen LogP contribution in [0.4, 0.5) is 11.4 Å². The molecule has 0 aliphatic heterocycles. The third kappa shape index (κ3) is 9.18. The van der Waals surface area contributed by atoms with Gasteiger partial charge in [-0.3, -0.25) is 14.5 Å². The second-order valence-corrected chi connectivity index (χ2v) is 10.5. The van der Waals surface area contributed by atoms with Crippen molar-refractivity contribution in [3.63, 3.8) is 0 Å². The molecular weight excluding hydrogens is 623 g/mol. The zero-order valence-corrected chi connectivity index (χ0v) is 27.5. The van der Waals surface area contributed by atoms with Gasteiger partial charge in [0.05, 0.1) is 26.4 Å². The summed E-state index contributed by atoms with van der Waals surface area (Å²) in [4.78, 5) is 42.5. The fraction of sp³-hybridized carbons (Fsp3) is 0.364. The van der Waals surface area contributed by atoms with Crippen LogP contribution in [0.3, 0.4) is 0 Å². The first-order valence-electron chi connectivity index (χ1n) is 14.7. The summed E-state index contributed by atoms with van der Waals surface area (Å²) in [6.45, 7) is 10.1. The number of amides is 2. The molecule has 0 fully saturated rings. The third-order valence-electron chi connectivity index (χ3n) is 6.56. The molecular formula is C33H38Cl2N2O8. The van der Waals surface area contributed by atoms with Crippen LogP contribution >= 0.6 is 23.2 Å². The average Bonchev–Trinajstić information content (AvgIpc) is 2.99. The molecule has 0 aliphatic rings. The maximum atomic E-state index is 13.9. The van der Waals surface area contributed by atoms with Crippen molar-refractivity contribution in [2.75, 3.05) is 42.8 Å². The summed E-state index contributed by atoms with van der Waals surface area (Å²) in [7, 11) is 0. The number of halogens is 2. The summed E-state index contributed by atoms with van der Waals surface area (Å²) >= 11 is 12.4. The number of nitrogens with zero attached hydrogens (tertiary/aromatic N) is 2. The van der Waals surface area contributed by atoms with Crippen molar-refractivity contribution in [2.24, 2.45) is 0 Å². The maximum Gasteiger partial charge on any atom is 0.326 e. The van der Waals surface area contributed by atoms with Crippen LogP contribution in [0.1, 0.15) is 51.4 Å². The van der Waals surface area contributed by atoms with Gasteiger partial charge in [-0.15, -0.1) is 0 Å². The second kappa shape index (κ2) is 16.8. The van der Waals surface area contributed by atoms with Crippen molar-refractivity contribution in [2.45, 2.75) is 47.1 Å². The van der Waals surface area contributed by atoms with E-state index in [0.29, 0.717) is 60.8 Å². The first-order chi connectivity index (χ1) is 21.5. The summed E-state index contributed by atoms with van der Waals surface area (Å²) < 4.78 is 22.8. The number of carbonyl (C=O) groups excluding carboxylic acids is 2. The van der Waals surface area contributed by atoms with Gasteiger partial charge in [-0.1, -0.05) is 23.2 Å². The van der Waals surface area contributed by atoms with Gasteiger partial charge < -0.3 is 29.0 Å². The highest BCUT2D eigenvalue weighted by Gasteiger charge is 2.30. The molecule has 242 valence electrons. The van der Waals surface area contributed by atoms with Gasteiger partial charge in [0, 0.05) is 52.1 Å². The molecule has 3 aromatic carbocycles. The molecule has 0 saturated heterocycles. The predicted molar refractivity (Wildman–Crippen MR) is 175 cm³/mol. The highest BCUT2D eigenvalue weighted by molar-refractivity contribution is 6.35. The molecule has 0 bridgehead atoms. The standard InChI is InChI=1S/C33H38Cl2N2O8/c1-6-42-27-12-10-25(19-29(27)44-8-3)36(32(39)22-16-23(34)18-24(35)17-22)15-14-31(38)37(21(5)33(40)41)26-11-13-28(43-7-2)30(20-26)45-9-4/h10-13,16-21H,6-9,14-15H2,1-5H3,(H,40,41). The van der Waals surface area contributed by atoms with E-state index < -0.39 is 23.8 Å². The number of carboxylic acids is 1. The van der Waals surface area contributed by atoms with Crippen LogP contribution in [0.25, 0.3) is 0 Å². The first kappa shape index (κ1) is 35.3. The minimum Gasteiger partial charge on any atom is -0.490 e. The number of anilines is 2. The first-order valence-corrected chi connectivity index (χ1v) is 15.4. The number of rotatable bonds is 16. The van der Waals surface area contributed by atoms with Crippen LogP contribution in [0.5, 0.6) is 23.0 Å². The van der Waals surface area contributed by atoms with Crippen LogP contribution in [-0.2, 0) is 9.59 Å². The topological polar surface area (TPSA) is 115 Å². The van der Waals surface area contributed by atoms with E-state index in [1.165, 1.54) is 34.9 Å². The molecule has 0 aromatic heterocycles. The quantitative estimate of drug-likeness (QED) is 0.173. The lowest BCUT2D eigenvalue weighted by molar-refractivity contribution is -0.139. The summed E-state index contributed by atoms with van der Waals surface area (Å²) in [5, 5.41) is 10.4. The van der Waals surface area contributed by atoms with Crippen LogP contribution in [0.2, 0.25) is 10.0 Å². The Kier molecular flexibility index (Phi) is 13.2. The second-order valence-electron chi connectivity index (χ2n) is 9.64. The van der Waals surface area contributed by atoms with E-state index >= 15 is 0 Å². The summed E-state index contributed by atoms with van der Waals surface area (Å²) in [6, 6.07) is 13.1. The SMILES string of the molecule is CCOc1ccc(N(CCC(=O)N(c2ccc(OCC)c(OCC)c2)C(C)C(=O)O)C(=O)c2cc(Cl)cc(Cl)c2)cc1OCC. The Morgan fingerprint density at radius 3 is 1.67 bits per heavy atom. The molecule has 3 aromatic rings. The van der Waals surface area contributed by atoms with Gasteiger partial charge in [-0.05, 0) is 77.1 Å². The number of hydrogen-bond acceptors (Lipinski definition) is 7. The van der Waals surface area contributed by atoms with Crippen LogP contribution in [-0.4, -0.2) is 61.9 Å². The molecule has 1 N–H and O–H groups in total. The highest BCUT2D eigenvalue weighted by Crippen LogP contribution is 2.35. The van der Waals surface area contributed by atoms with Crippen molar-refractivity contribution < 1.29 is 38.4 Å². The Labute approximate surface area is 273 Å². The molecule has 3 rings (SSSR count). The summed E-state index contributed by atoms with van der Waals surface area (Å²) in [5.41, 5.74) is 0.935. The van der Waals surface area contributed by atoms with Gasteiger partial charge in [-0.25, -0.2) is 4.79 Å². The molecule has 1 atom stereocenters. The zero-order chi connectivity index (χ0) is 33.1. The molecule has 1 unspecified atom stereocenters. The number of carbonyl (C=O) groups is 3. The van der Waals surface area contributed by atoms with Gasteiger partial charge in [0.25, 0.3) is 5.91 Å². The Morgan fingerprint density at radius 2 is 1.18 bits per heavy atom. The van der Waals surface area contributed by atoms with Crippen molar-refractivity contribution in [1.29, 1.82) is 0 Å². The summed E-state index contributed by atoms with van der Waals surface area (Å²) in [5.74, 6) is -0.449. The smallest absolute Gasteiger partial charge is 0.326 e. The number of hydrogen-bond donors (Lipinski definition) is 1. The molecule has 0 spiro atoms. The zero-order valence-electron chi connectivity index (χ0n) is 26.0.